The highest BCUT2D eigenvalue weighted by Crippen LogP contribution is 2.45. The lowest BCUT2D eigenvalue weighted by atomic mass is 10.1. The van der Waals surface area contributed by atoms with Gasteiger partial charge in [-0.1, -0.05) is 0 Å². The molecule has 3 rings (SSSR count). The quantitative estimate of drug-likeness (QED) is 0.729. The molecular formula is C11H16ClN3O. The monoisotopic (exact) mass is 241 g/mol. The summed E-state index contributed by atoms with van der Waals surface area (Å²) in [7, 11) is 0. The molecule has 0 aromatic heterocycles. The molecule has 2 heterocycles. The van der Waals surface area contributed by atoms with Gasteiger partial charge in [0.1, 0.15) is 6.04 Å². The SMILES string of the molecule is Cl.N#CC1CCCN1C(=O)C1NCC2CC21. The molecule has 0 spiro atoms. The highest BCUT2D eigenvalue weighted by molar-refractivity contribution is 5.85. The lowest BCUT2D eigenvalue weighted by Gasteiger charge is -2.24. The molecule has 0 radical (unpaired) electrons. The second-order valence-corrected chi connectivity index (χ2v) is 4.86. The van der Waals surface area contributed by atoms with Crippen molar-refractivity contribution in [1.29, 1.82) is 5.26 Å². The van der Waals surface area contributed by atoms with E-state index in [1.54, 1.807) is 4.90 Å². The largest absolute Gasteiger partial charge is 0.325 e. The summed E-state index contributed by atoms with van der Waals surface area (Å²) in [5.74, 6) is 1.48. The minimum atomic E-state index is -0.169. The molecule has 2 aliphatic heterocycles. The summed E-state index contributed by atoms with van der Waals surface area (Å²) in [6.07, 6.45) is 3.03. The number of likely N-dealkylation sites (tertiary alicyclic amines) is 1. The van der Waals surface area contributed by atoms with E-state index in [0.717, 1.165) is 31.8 Å². The van der Waals surface area contributed by atoms with Crippen molar-refractivity contribution < 1.29 is 4.79 Å². The summed E-state index contributed by atoms with van der Waals surface area (Å²) < 4.78 is 0. The third-order valence-corrected chi connectivity index (χ3v) is 3.96. The molecular weight excluding hydrogens is 226 g/mol. The fraction of sp³-hybridized carbons (Fsp3) is 0.818. The first-order valence-corrected chi connectivity index (χ1v) is 5.75. The molecule has 4 atom stereocenters. The zero-order valence-electron chi connectivity index (χ0n) is 9.06. The van der Waals surface area contributed by atoms with E-state index in [9.17, 15) is 4.79 Å². The Bertz CT molecular complexity index is 341. The number of hydrogen-bond donors (Lipinski definition) is 1. The van der Waals surface area contributed by atoms with Crippen molar-refractivity contribution in [2.24, 2.45) is 11.8 Å². The molecule has 88 valence electrons. The van der Waals surface area contributed by atoms with E-state index >= 15 is 0 Å². The Morgan fingerprint density at radius 3 is 2.88 bits per heavy atom. The van der Waals surface area contributed by atoms with Crippen molar-refractivity contribution in [1.82, 2.24) is 10.2 Å². The van der Waals surface area contributed by atoms with Crippen molar-refractivity contribution in [3.8, 4) is 6.07 Å². The predicted molar refractivity (Wildman–Crippen MR) is 61.0 cm³/mol. The molecule has 1 amide bonds. The summed E-state index contributed by atoms with van der Waals surface area (Å²) in [5, 5.41) is 12.2. The summed E-state index contributed by atoms with van der Waals surface area (Å²) >= 11 is 0. The molecule has 3 fully saturated rings. The first-order valence-electron chi connectivity index (χ1n) is 5.75. The van der Waals surface area contributed by atoms with E-state index in [1.807, 2.05) is 0 Å². The predicted octanol–water partition coefficient (Wildman–Crippen LogP) is 0.531. The number of nitrogens with one attached hydrogen (secondary N) is 1. The van der Waals surface area contributed by atoms with Gasteiger partial charge in [-0.3, -0.25) is 4.79 Å². The van der Waals surface area contributed by atoms with Crippen LogP contribution < -0.4 is 5.32 Å². The highest BCUT2D eigenvalue weighted by Gasteiger charge is 2.52. The van der Waals surface area contributed by atoms with E-state index in [4.69, 9.17) is 5.26 Å². The van der Waals surface area contributed by atoms with Gasteiger partial charge in [0.15, 0.2) is 0 Å². The van der Waals surface area contributed by atoms with Crippen LogP contribution in [0.25, 0.3) is 0 Å². The number of rotatable bonds is 1. The number of amides is 1. The van der Waals surface area contributed by atoms with E-state index in [2.05, 4.69) is 11.4 Å². The molecule has 5 heteroatoms. The van der Waals surface area contributed by atoms with Gasteiger partial charge in [-0.15, -0.1) is 12.4 Å². The van der Waals surface area contributed by atoms with Crippen molar-refractivity contribution >= 4 is 18.3 Å². The van der Waals surface area contributed by atoms with Crippen molar-refractivity contribution in [2.45, 2.75) is 31.3 Å². The second-order valence-electron chi connectivity index (χ2n) is 4.86. The van der Waals surface area contributed by atoms with Gasteiger partial charge >= 0.3 is 0 Å². The zero-order valence-corrected chi connectivity index (χ0v) is 9.87. The molecule has 1 aliphatic carbocycles. The number of carbonyl (C=O) groups is 1. The van der Waals surface area contributed by atoms with Gasteiger partial charge in [0.05, 0.1) is 12.1 Å². The lowest BCUT2D eigenvalue weighted by Crippen LogP contribution is -2.47. The van der Waals surface area contributed by atoms with Crippen molar-refractivity contribution in [2.75, 3.05) is 13.1 Å². The van der Waals surface area contributed by atoms with Crippen LogP contribution in [0.15, 0.2) is 0 Å². The molecule has 2 saturated heterocycles. The maximum absolute atomic E-state index is 12.2. The van der Waals surface area contributed by atoms with Crippen molar-refractivity contribution in [3.05, 3.63) is 0 Å². The van der Waals surface area contributed by atoms with Crippen LogP contribution in [0.2, 0.25) is 0 Å². The van der Waals surface area contributed by atoms with Crippen LogP contribution >= 0.6 is 12.4 Å². The Hall–Kier alpha value is -0.790. The van der Waals surface area contributed by atoms with Crippen molar-refractivity contribution in [3.63, 3.8) is 0 Å². The fourth-order valence-corrected chi connectivity index (χ4v) is 2.96. The maximum atomic E-state index is 12.2. The molecule has 3 aliphatic rings. The third-order valence-electron chi connectivity index (χ3n) is 3.96. The lowest BCUT2D eigenvalue weighted by molar-refractivity contribution is -0.133. The van der Waals surface area contributed by atoms with Gasteiger partial charge in [0.25, 0.3) is 0 Å². The maximum Gasteiger partial charge on any atom is 0.241 e. The summed E-state index contributed by atoms with van der Waals surface area (Å²) in [6, 6.07) is 2.07. The van der Waals surface area contributed by atoms with E-state index in [0.29, 0.717) is 5.92 Å². The summed E-state index contributed by atoms with van der Waals surface area (Å²) in [4.78, 5) is 13.9. The number of fused-ring (bicyclic) bond motifs is 1. The van der Waals surface area contributed by atoms with Crippen LogP contribution in [0.4, 0.5) is 0 Å². The minimum Gasteiger partial charge on any atom is -0.325 e. The second kappa shape index (κ2) is 4.23. The molecule has 0 aromatic rings. The van der Waals surface area contributed by atoms with Gasteiger partial charge in [-0.05, 0) is 37.6 Å². The Labute approximate surface area is 101 Å². The number of halogens is 1. The smallest absolute Gasteiger partial charge is 0.241 e. The van der Waals surface area contributed by atoms with Crippen LogP contribution in [0.3, 0.4) is 0 Å². The average Bonchev–Trinajstić information content (AvgIpc) is 2.75. The average molecular weight is 242 g/mol. The third kappa shape index (κ3) is 1.68. The normalized spacial score (nSPS) is 39.8. The molecule has 16 heavy (non-hydrogen) atoms. The van der Waals surface area contributed by atoms with E-state index in [1.165, 1.54) is 6.42 Å². The van der Waals surface area contributed by atoms with Crippen LogP contribution in [0, 0.1) is 23.2 Å². The first kappa shape index (κ1) is 11.7. The van der Waals surface area contributed by atoms with Crippen LogP contribution in [-0.2, 0) is 4.79 Å². The Kier molecular flexibility index (Phi) is 3.09. The number of nitrogens with zero attached hydrogens (tertiary/aromatic N) is 2. The number of piperidine rings is 1. The number of carbonyl (C=O) groups excluding carboxylic acids is 1. The van der Waals surface area contributed by atoms with Crippen LogP contribution in [-0.4, -0.2) is 36.0 Å². The molecule has 0 bridgehead atoms. The van der Waals surface area contributed by atoms with E-state index < -0.39 is 0 Å². The van der Waals surface area contributed by atoms with Gasteiger partial charge in [0, 0.05) is 6.54 Å². The van der Waals surface area contributed by atoms with E-state index in [-0.39, 0.29) is 30.4 Å². The van der Waals surface area contributed by atoms with Gasteiger partial charge < -0.3 is 10.2 Å². The standard InChI is InChI=1S/C11H15N3O.ClH/c12-5-8-2-1-3-14(8)11(15)10-9-4-7(9)6-13-10;/h7-10,13H,1-4,6H2;1H. The van der Waals surface area contributed by atoms with Gasteiger partial charge in [-0.2, -0.15) is 5.26 Å². The summed E-state index contributed by atoms with van der Waals surface area (Å²) in [5.41, 5.74) is 0. The molecule has 1 N–H and O–H groups in total. The minimum absolute atomic E-state index is 0. The zero-order chi connectivity index (χ0) is 10.4. The molecule has 4 nitrogen and oxygen atoms in total. The molecule has 1 saturated carbocycles. The Morgan fingerprint density at radius 2 is 2.31 bits per heavy atom. The number of nitriles is 1. The molecule has 0 aromatic carbocycles. The van der Waals surface area contributed by atoms with Crippen LogP contribution in [0.5, 0.6) is 0 Å². The van der Waals surface area contributed by atoms with Gasteiger partial charge in [0.2, 0.25) is 5.91 Å². The van der Waals surface area contributed by atoms with Crippen LogP contribution in [0.1, 0.15) is 19.3 Å². The fourth-order valence-electron chi connectivity index (χ4n) is 2.96. The topological polar surface area (TPSA) is 56.1 Å². The van der Waals surface area contributed by atoms with Gasteiger partial charge in [-0.25, -0.2) is 0 Å². The number of hydrogen-bond acceptors (Lipinski definition) is 3. The summed E-state index contributed by atoms with van der Waals surface area (Å²) in [6.45, 7) is 1.76. The highest BCUT2D eigenvalue weighted by atomic mass is 35.5. The molecule has 4 unspecified atom stereocenters. The Balaban J connectivity index is 0.000000963. The first-order chi connectivity index (χ1) is 7.31. The Morgan fingerprint density at radius 1 is 1.50 bits per heavy atom.